The van der Waals surface area contributed by atoms with E-state index in [9.17, 15) is 38.4 Å². The van der Waals surface area contributed by atoms with Gasteiger partial charge in [-0.1, -0.05) is 26.0 Å². The minimum Gasteiger partial charge on any atom is -0.497 e. The van der Waals surface area contributed by atoms with Gasteiger partial charge in [-0.25, -0.2) is 0 Å². The van der Waals surface area contributed by atoms with Crippen molar-refractivity contribution in [1.29, 1.82) is 0 Å². The number of hydrogen-bond acceptors (Lipinski definition) is 16. The van der Waals surface area contributed by atoms with Gasteiger partial charge >= 0.3 is 0 Å². The van der Waals surface area contributed by atoms with Gasteiger partial charge in [0.25, 0.3) is 0 Å². The molecule has 0 fully saturated rings. The van der Waals surface area contributed by atoms with E-state index in [1.54, 1.807) is 21.0 Å². The van der Waals surface area contributed by atoms with Crippen molar-refractivity contribution < 1.29 is 47.8 Å². The van der Waals surface area contributed by atoms with Crippen LogP contribution in [0.25, 0.3) is 0 Å². The molecule has 0 aliphatic carbocycles. The number of benzene rings is 1. The zero-order valence-electron chi connectivity index (χ0n) is 44.2. The lowest BCUT2D eigenvalue weighted by molar-refractivity contribution is -0.147. The molecule has 0 aliphatic rings. The van der Waals surface area contributed by atoms with Crippen molar-refractivity contribution in [3.63, 3.8) is 0 Å². The Hall–Kier alpha value is -5.11. The Balaban J connectivity index is 3.31. The van der Waals surface area contributed by atoms with Crippen LogP contribution in [0.3, 0.4) is 0 Å². The number of rotatable bonds is 42. The van der Waals surface area contributed by atoms with Crippen LogP contribution in [-0.2, 0) is 49.6 Å². The molecule has 416 valence electrons. The van der Waals surface area contributed by atoms with Crippen LogP contribution in [0.5, 0.6) is 5.75 Å². The van der Waals surface area contributed by atoms with Gasteiger partial charge in [-0.2, -0.15) is 11.8 Å². The second kappa shape index (κ2) is 39.4. The van der Waals surface area contributed by atoms with E-state index in [4.69, 9.17) is 38.1 Å². The normalized spacial score (nSPS) is 12.3. The Bertz CT molecular complexity index is 1800. The van der Waals surface area contributed by atoms with Crippen LogP contribution in [0.15, 0.2) is 24.3 Å². The number of unbranched alkanes of at least 4 members (excludes halogenated alkanes) is 4. The molecule has 0 aliphatic heterocycles. The minimum absolute atomic E-state index is 0.0221. The molecule has 1 aromatic carbocycles. The number of primary amides is 1. The highest BCUT2D eigenvalue weighted by atomic mass is 32.2. The fraction of sp³-hybridized carbons (Fsp3) is 0.714. The van der Waals surface area contributed by atoms with E-state index in [1.165, 1.54) is 38.5 Å². The zero-order valence-corrected chi connectivity index (χ0v) is 45.0. The minimum atomic E-state index is -1.13. The Labute approximate surface area is 437 Å². The van der Waals surface area contributed by atoms with Crippen LogP contribution >= 0.6 is 11.8 Å². The second-order valence-corrected chi connectivity index (χ2v) is 19.1. The lowest BCUT2D eigenvalue weighted by Crippen LogP contribution is -2.58. The molecule has 24 heteroatoms. The van der Waals surface area contributed by atoms with E-state index < -0.39 is 85.0 Å². The number of amides is 8. The van der Waals surface area contributed by atoms with Gasteiger partial charge in [0.2, 0.25) is 47.3 Å². The second-order valence-electron chi connectivity index (χ2n) is 18.1. The maximum absolute atomic E-state index is 14.2. The number of nitrogens with two attached hydrogens (primary N) is 5. The predicted octanol–water partition coefficient (Wildman–Crippen LogP) is -1.56. The summed E-state index contributed by atoms with van der Waals surface area (Å²) >= 11 is 1.49. The Morgan fingerprint density at radius 3 is 1.53 bits per heavy atom. The SMILES string of the molecule is COCCN(CC(=O)N(CCCCN)CC(=O)NC(C(=O)N[C@H](CCCCN)C(=O)NC(CCSC)C(N)=O)C(C)C)C(=O)CN(CCCCN)C(=O)CN(CCCCN)C(=O)CNCc1ccc(OC)cc1. The van der Waals surface area contributed by atoms with Crippen molar-refractivity contribution in [1.82, 2.24) is 40.9 Å². The van der Waals surface area contributed by atoms with Crippen LogP contribution in [-0.4, -0.2) is 203 Å². The van der Waals surface area contributed by atoms with Crippen molar-refractivity contribution in [2.45, 2.75) is 103 Å². The van der Waals surface area contributed by atoms with Crippen molar-refractivity contribution in [2.24, 2.45) is 34.6 Å². The van der Waals surface area contributed by atoms with Crippen molar-refractivity contribution in [2.75, 3.05) is 118 Å². The predicted molar refractivity (Wildman–Crippen MR) is 283 cm³/mol. The highest BCUT2D eigenvalue weighted by molar-refractivity contribution is 7.98. The van der Waals surface area contributed by atoms with Crippen LogP contribution in [0, 0.1) is 5.92 Å². The number of nitrogens with one attached hydrogen (secondary N) is 4. The first-order chi connectivity index (χ1) is 35.0. The third-order valence-corrected chi connectivity index (χ3v) is 12.5. The summed E-state index contributed by atoms with van der Waals surface area (Å²) in [6, 6.07) is 4.27. The van der Waals surface area contributed by atoms with Gasteiger partial charge in [-0.15, -0.1) is 0 Å². The molecule has 1 aromatic rings. The molecule has 14 N–H and O–H groups in total. The van der Waals surface area contributed by atoms with Crippen molar-refractivity contribution >= 4 is 59.0 Å². The highest BCUT2D eigenvalue weighted by Crippen LogP contribution is 2.12. The van der Waals surface area contributed by atoms with E-state index in [-0.39, 0.29) is 58.2 Å². The zero-order chi connectivity index (χ0) is 54.6. The van der Waals surface area contributed by atoms with Gasteiger partial charge in [0.1, 0.15) is 23.9 Å². The van der Waals surface area contributed by atoms with Crippen LogP contribution < -0.4 is 54.7 Å². The third kappa shape index (κ3) is 27.7. The van der Waals surface area contributed by atoms with Crippen molar-refractivity contribution in [3.8, 4) is 5.75 Å². The largest absolute Gasteiger partial charge is 0.497 e. The summed E-state index contributed by atoms with van der Waals surface area (Å²) in [5.74, 6) is -3.73. The fourth-order valence-corrected chi connectivity index (χ4v) is 7.88. The standard InChI is InChI=1S/C49H89N13O10S/c1-36(2)46(49(70)57-40(14-6-7-20-50)48(69)56-39(47(54)68)19-29-73-5)58-41(63)32-59(24-11-8-21-51)43(65)35-62(27-28-71-3)45(67)34-61(26-13-10-23-53)44(66)33-60(25-12-9-22-52)42(64)31-55-30-37-15-17-38(72-4)18-16-37/h15-18,36,39-40,46,55H,6-14,19-35,50-53H2,1-5H3,(H2,54,68)(H,56,69)(H,57,70)(H,58,63)/t39?,40-,46?/m1/s1. The summed E-state index contributed by atoms with van der Waals surface area (Å²) in [6.07, 6.45) is 6.63. The first kappa shape index (κ1) is 65.9. The molecule has 0 saturated heterocycles. The lowest BCUT2D eigenvalue weighted by atomic mass is 10.0. The molecule has 0 aromatic heterocycles. The molecule has 0 heterocycles. The molecule has 3 atom stereocenters. The average Bonchev–Trinajstić information content (AvgIpc) is 3.36. The number of ether oxygens (including phenoxy) is 2. The monoisotopic (exact) mass is 1050 g/mol. The smallest absolute Gasteiger partial charge is 0.243 e. The summed E-state index contributed by atoms with van der Waals surface area (Å²) in [4.78, 5) is 115. The third-order valence-electron chi connectivity index (χ3n) is 11.8. The van der Waals surface area contributed by atoms with E-state index in [0.29, 0.717) is 102 Å². The molecule has 1 rings (SSSR count). The Kier molecular flexibility index (Phi) is 35.5. The van der Waals surface area contributed by atoms with Gasteiger partial charge in [-0.05, 0) is 126 Å². The average molecular weight is 1050 g/mol. The first-order valence-corrected chi connectivity index (χ1v) is 26.8. The summed E-state index contributed by atoms with van der Waals surface area (Å²) in [6.45, 7) is 4.15. The van der Waals surface area contributed by atoms with Gasteiger partial charge in [0.05, 0.1) is 46.4 Å². The first-order valence-electron chi connectivity index (χ1n) is 25.4. The van der Waals surface area contributed by atoms with Crippen LogP contribution in [0.1, 0.15) is 83.6 Å². The highest BCUT2D eigenvalue weighted by Gasteiger charge is 2.32. The summed E-state index contributed by atoms with van der Waals surface area (Å²) < 4.78 is 10.5. The molecule has 0 bridgehead atoms. The number of nitrogens with zero attached hydrogens (tertiary/aromatic N) is 4. The van der Waals surface area contributed by atoms with Crippen LogP contribution in [0.2, 0.25) is 0 Å². The fourth-order valence-electron chi connectivity index (χ4n) is 7.41. The number of carbonyl (C=O) groups excluding carboxylic acids is 8. The number of hydrogen-bond donors (Lipinski definition) is 9. The maximum Gasteiger partial charge on any atom is 0.243 e. The molecule has 8 amide bonds. The summed E-state index contributed by atoms with van der Waals surface area (Å²) in [7, 11) is 3.02. The number of methoxy groups -OCH3 is 2. The summed E-state index contributed by atoms with van der Waals surface area (Å²) in [5, 5.41) is 11.3. The van der Waals surface area contributed by atoms with Crippen LogP contribution in [0.4, 0.5) is 0 Å². The number of thioether (sulfide) groups is 1. The Morgan fingerprint density at radius 2 is 1.07 bits per heavy atom. The molecule has 0 saturated carbocycles. The topological polar surface area (TPSA) is 346 Å². The molecule has 23 nitrogen and oxygen atoms in total. The number of carbonyl (C=O) groups is 8. The molecule has 0 radical (unpaired) electrons. The molecule has 73 heavy (non-hydrogen) atoms. The molecule has 0 spiro atoms. The molecule has 2 unspecified atom stereocenters. The van der Waals surface area contributed by atoms with Gasteiger partial charge in [0.15, 0.2) is 0 Å². The summed E-state index contributed by atoms with van der Waals surface area (Å²) in [5.41, 5.74) is 29.5. The van der Waals surface area contributed by atoms with Gasteiger partial charge in [-0.3, -0.25) is 38.4 Å². The quantitative estimate of drug-likeness (QED) is 0.0335. The molecular weight excluding hydrogens is 963 g/mol. The van der Waals surface area contributed by atoms with E-state index in [0.717, 1.165) is 5.56 Å². The lowest BCUT2D eigenvalue weighted by Gasteiger charge is -2.31. The van der Waals surface area contributed by atoms with E-state index in [1.807, 2.05) is 30.5 Å². The maximum atomic E-state index is 14.2. The van der Waals surface area contributed by atoms with Gasteiger partial charge < -0.3 is 79.0 Å². The van der Waals surface area contributed by atoms with Crippen molar-refractivity contribution in [3.05, 3.63) is 29.8 Å². The Morgan fingerprint density at radius 1 is 0.589 bits per heavy atom. The van der Waals surface area contributed by atoms with Gasteiger partial charge in [0, 0.05) is 39.8 Å². The molecular formula is C49H89N13O10S. The van der Waals surface area contributed by atoms with E-state index in [2.05, 4.69) is 21.3 Å². The van der Waals surface area contributed by atoms with E-state index >= 15 is 0 Å².